The van der Waals surface area contributed by atoms with E-state index in [9.17, 15) is 4.79 Å². The molecule has 6 heteroatoms. The molecule has 1 fully saturated rings. The van der Waals surface area contributed by atoms with Crippen molar-refractivity contribution in [2.45, 2.75) is 51.3 Å². The Bertz CT molecular complexity index is 475. The fourth-order valence-corrected chi connectivity index (χ4v) is 3.65. The zero-order valence-electron chi connectivity index (χ0n) is 13.3. The molecule has 1 saturated carbocycles. The molecule has 0 saturated heterocycles. The fraction of sp³-hybridized carbons (Fsp3) is 0.800. The average molecular weight is 311 g/mol. The molecule has 2 rings (SSSR count). The molecule has 0 amide bonds. The van der Waals surface area contributed by atoms with Crippen LogP contribution in [0.5, 0.6) is 0 Å². The number of carbonyl (C=O) groups is 1. The standard InChI is InChI=1S/C15H25N3O2S/c1-10(2)12-6-5-11(3)7-13(12)20-14(19)8-21-15-17-16-9-18(15)4/h9-13H,5-8H2,1-4H3. The second kappa shape index (κ2) is 7.29. The predicted octanol–water partition coefficient (Wildman–Crippen LogP) is 2.91. The first-order chi connectivity index (χ1) is 9.97. The number of nitrogens with zero attached hydrogens (tertiary/aromatic N) is 3. The third kappa shape index (κ3) is 4.46. The molecule has 0 radical (unpaired) electrons. The summed E-state index contributed by atoms with van der Waals surface area (Å²) < 4.78 is 7.56. The van der Waals surface area contributed by atoms with Gasteiger partial charge in [0.15, 0.2) is 5.16 Å². The first-order valence-electron chi connectivity index (χ1n) is 7.63. The number of esters is 1. The summed E-state index contributed by atoms with van der Waals surface area (Å²) in [5.41, 5.74) is 0. The number of aromatic nitrogens is 3. The zero-order chi connectivity index (χ0) is 15.4. The van der Waals surface area contributed by atoms with Crippen molar-refractivity contribution in [3.63, 3.8) is 0 Å². The van der Waals surface area contributed by atoms with Gasteiger partial charge < -0.3 is 9.30 Å². The van der Waals surface area contributed by atoms with Crippen LogP contribution < -0.4 is 0 Å². The maximum Gasteiger partial charge on any atom is 0.316 e. The van der Waals surface area contributed by atoms with Crippen LogP contribution in [-0.2, 0) is 16.6 Å². The maximum atomic E-state index is 12.1. The van der Waals surface area contributed by atoms with E-state index in [4.69, 9.17) is 4.74 Å². The Kier molecular flexibility index (Phi) is 5.67. The number of hydrogen-bond acceptors (Lipinski definition) is 5. The number of thioether (sulfide) groups is 1. The molecule has 1 aliphatic carbocycles. The highest BCUT2D eigenvalue weighted by Gasteiger charge is 2.33. The van der Waals surface area contributed by atoms with Crippen LogP contribution in [0, 0.1) is 17.8 Å². The molecule has 3 atom stereocenters. The Labute approximate surface area is 130 Å². The van der Waals surface area contributed by atoms with E-state index in [1.54, 1.807) is 10.9 Å². The highest BCUT2D eigenvalue weighted by atomic mass is 32.2. The van der Waals surface area contributed by atoms with Crippen LogP contribution in [0.25, 0.3) is 0 Å². The summed E-state index contributed by atoms with van der Waals surface area (Å²) in [7, 11) is 1.87. The van der Waals surface area contributed by atoms with E-state index in [2.05, 4.69) is 31.0 Å². The van der Waals surface area contributed by atoms with Gasteiger partial charge >= 0.3 is 5.97 Å². The molecule has 1 aromatic heterocycles. The Balaban J connectivity index is 1.86. The number of carbonyl (C=O) groups excluding carboxylic acids is 1. The molecule has 1 heterocycles. The zero-order valence-corrected chi connectivity index (χ0v) is 14.1. The summed E-state index contributed by atoms with van der Waals surface area (Å²) >= 11 is 1.38. The number of rotatable bonds is 5. The highest BCUT2D eigenvalue weighted by Crippen LogP contribution is 2.35. The third-order valence-electron chi connectivity index (χ3n) is 4.23. The summed E-state index contributed by atoms with van der Waals surface area (Å²) in [6, 6.07) is 0. The molecular weight excluding hydrogens is 286 g/mol. The molecular formula is C15H25N3O2S. The van der Waals surface area contributed by atoms with Crippen LogP contribution in [-0.4, -0.2) is 32.6 Å². The maximum absolute atomic E-state index is 12.1. The molecule has 0 N–H and O–H groups in total. The van der Waals surface area contributed by atoms with E-state index in [0.717, 1.165) is 18.0 Å². The van der Waals surface area contributed by atoms with Crippen LogP contribution in [0.3, 0.4) is 0 Å². The smallest absolute Gasteiger partial charge is 0.316 e. The van der Waals surface area contributed by atoms with Crippen molar-refractivity contribution in [1.29, 1.82) is 0 Å². The molecule has 3 unspecified atom stereocenters. The van der Waals surface area contributed by atoms with Crippen LogP contribution in [0.2, 0.25) is 0 Å². The Morgan fingerprint density at radius 3 is 2.90 bits per heavy atom. The molecule has 1 aliphatic rings. The first-order valence-corrected chi connectivity index (χ1v) is 8.62. The summed E-state index contributed by atoms with van der Waals surface area (Å²) in [5, 5.41) is 8.50. The van der Waals surface area contributed by atoms with E-state index in [1.807, 2.05) is 7.05 Å². The van der Waals surface area contributed by atoms with Gasteiger partial charge in [-0.1, -0.05) is 39.0 Å². The fourth-order valence-electron chi connectivity index (χ4n) is 2.98. The normalized spacial score (nSPS) is 26.0. The minimum atomic E-state index is -0.146. The van der Waals surface area contributed by atoms with Gasteiger partial charge in [0.2, 0.25) is 0 Å². The van der Waals surface area contributed by atoms with Crippen LogP contribution >= 0.6 is 11.8 Å². The van der Waals surface area contributed by atoms with Gasteiger partial charge in [-0.3, -0.25) is 4.79 Å². The Morgan fingerprint density at radius 1 is 1.52 bits per heavy atom. The van der Waals surface area contributed by atoms with Crippen molar-refractivity contribution in [1.82, 2.24) is 14.8 Å². The molecule has 0 aliphatic heterocycles. The first kappa shape index (κ1) is 16.3. The lowest BCUT2D eigenvalue weighted by atomic mass is 9.75. The van der Waals surface area contributed by atoms with Gasteiger partial charge in [-0.2, -0.15) is 0 Å². The van der Waals surface area contributed by atoms with Crippen molar-refractivity contribution in [2.24, 2.45) is 24.8 Å². The van der Waals surface area contributed by atoms with Gasteiger partial charge in [0.1, 0.15) is 12.4 Å². The molecule has 0 bridgehead atoms. The lowest BCUT2D eigenvalue weighted by Crippen LogP contribution is -2.36. The van der Waals surface area contributed by atoms with E-state index >= 15 is 0 Å². The lowest BCUT2D eigenvalue weighted by molar-refractivity contribution is -0.152. The summed E-state index contributed by atoms with van der Waals surface area (Å²) in [5.74, 6) is 1.84. The van der Waals surface area contributed by atoms with Gasteiger partial charge in [0.25, 0.3) is 0 Å². The monoisotopic (exact) mass is 311 g/mol. The van der Waals surface area contributed by atoms with Crippen molar-refractivity contribution < 1.29 is 9.53 Å². The van der Waals surface area contributed by atoms with Crippen molar-refractivity contribution >= 4 is 17.7 Å². The average Bonchev–Trinajstić information content (AvgIpc) is 2.81. The molecule has 1 aromatic rings. The number of aryl methyl sites for hydroxylation is 1. The topological polar surface area (TPSA) is 57.0 Å². The minimum absolute atomic E-state index is 0.0707. The van der Waals surface area contributed by atoms with Gasteiger partial charge in [-0.25, -0.2) is 0 Å². The summed E-state index contributed by atoms with van der Waals surface area (Å²) in [6.07, 6.45) is 5.09. The van der Waals surface area contributed by atoms with Crippen LogP contribution in [0.15, 0.2) is 11.5 Å². The quantitative estimate of drug-likeness (QED) is 0.618. The molecule has 0 spiro atoms. The van der Waals surface area contributed by atoms with Crippen molar-refractivity contribution in [3.05, 3.63) is 6.33 Å². The van der Waals surface area contributed by atoms with Gasteiger partial charge in [-0.15, -0.1) is 10.2 Å². The van der Waals surface area contributed by atoms with E-state index in [-0.39, 0.29) is 12.1 Å². The summed E-state index contributed by atoms with van der Waals surface area (Å²) in [4.78, 5) is 12.1. The molecule has 118 valence electrons. The molecule has 21 heavy (non-hydrogen) atoms. The summed E-state index contributed by atoms with van der Waals surface area (Å²) in [6.45, 7) is 6.68. The molecule has 0 aromatic carbocycles. The molecule has 5 nitrogen and oxygen atoms in total. The van der Waals surface area contributed by atoms with Crippen molar-refractivity contribution in [2.75, 3.05) is 5.75 Å². The minimum Gasteiger partial charge on any atom is -0.461 e. The second-order valence-electron chi connectivity index (χ2n) is 6.37. The predicted molar refractivity (Wildman–Crippen MR) is 83.0 cm³/mol. The van der Waals surface area contributed by atoms with E-state index in [0.29, 0.717) is 23.5 Å². The third-order valence-corrected chi connectivity index (χ3v) is 5.24. The Morgan fingerprint density at radius 2 is 2.29 bits per heavy atom. The largest absolute Gasteiger partial charge is 0.461 e. The van der Waals surface area contributed by atoms with E-state index in [1.165, 1.54) is 18.2 Å². The van der Waals surface area contributed by atoms with Crippen LogP contribution in [0.1, 0.15) is 40.0 Å². The lowest BCUT2D eigenvalue weighted by Gasteiger charge is -2.36. The van der Waals surface area contributed by atoms with Gasteiger partial charge in [-0.05, 0) is 30.6 Å². The SMILES string of the molecule is CC1CCC(C(C)C)C(OC(=O)CSc2nncn2C)C1. The van der Waals surface area contributed by atoms with Crippen LogP contribution in [0.4, 0.5) is 0 Å². The van der Waals surface area contributed by atoms with E-state index < -0.39 is 0 Å². The van der Waals surface area contributed by atoms with Gasteiger partial charge in [0, 0.05) is 7.05 Å². The Hall–Kier alpha value is -1.04. The number of hydrogen-bond donors (Lipinski definition) is 0. The van der Waals surface area contributed by atoms with Crippen molar-refractivity contribution in [3.8, 4) is 0 Å². The number of ether oxygens (including phenoxy) is 1. The highest BCUT2D eigenvalue weighted by molar-refractivity contribution is 7.99. The van der Waals surface area contributed by atoms with Gasteiger partial charge in [0.05, 0.1) is 5.75 Å². The second-order valence-corrected chi connectivity index (χ2v) is 7.31.